The zero-order valence-corrected chi connectivity index (χ0v) is 12.1. The number of hydrogen-bond acceptors (Lipinski definition) is 2. The standard InChI is InChI=1S/C13H17IN2O/c1-9-2-3-11(14)7-12(9)16-13(17)6-10-4-5-15-8-10/h2-3,7,10,15H,4-6,8H2,1H3,(H,16,17). The summed E-state index contributed by atoms with van der Waals surface area (Å²) in [6, 6.07) is 6.10. The highest BCUT2D eigenvalue weighted by Crippen LogP contribution is 2.19. The van der Waals surface area contributed by atoms with Crippen LogP contribution in [0.1, 0.15) is 18.4 Å². The third-order valence-electron chi connectivity index (χ3n) is 3.11. The van der Waals surface area contributed by atoms with Gasteiger partial charge in [-0.05, 0) is 72.6 Å². The minimum atomic E-state index is 0.129. The van der Waals surface area contributed by atoms with Crippen LogP contribution in [0.2, 0.25) is 0 Å². The Morgan fingerprint density at radius 1 is 1.59 bits per heavy atom. The molecule has 2 rings (SSSR count). The van der Waals surface area contributed by atoms with Gasteiger partial charge in [-0.15, -0.1) is 0 Å². The van der Waals surface area contributed by atoms with Crippen LogP contribution < -0.4 is 10.6 Å². The highest BCUT2D eigenvalue weighted by molar-refractivity contribution is 14.1. The molecular weight excluding hydrogens is 327 g/mol. The average Bonchev–Trinajstić information content (AvgIpc) is 2.76. The molecule has 4 heteroatoms. The molecule has 0 aliphatic carbocycles. The highest BCUT2D eigenvalue weighted by Gasteiger charge is 2.18. The summed E-state index contributed by atoms with van der Waals surface area (Å²) < 4.78 is 1.14. The Bertz CT molecular complexity index is 414. The van der Waals surface area contributed by atoms with E-state index < -0.39 is 0 Å². The molecule has 1 aliphatic heterocycles. The Morgan fingerprint density at radius 3 is 3.12 bits per heavy atom. The smallest absolute Gasteiger partial charge is 0.224 e. The van der Waals surface area contributed by atoms with E-state index in [0.29, 0.717) is 12.3 Å². The van der Waals surface area contributed by atoms with Crippen molar-refractivity contribution >= 4 is 34.2 Å². The van der Waals surface area contributed by atoms with Crippen molar-refractivity contribution < 1.29 is 4.79 Å². The summed E-state index contributed by atoms with van der Waals surface area (Å²) in [4.78, 5) is 11.9. The number of carbonyl (C=O) groups excluding carboxylic acids is 1. The first-order valence-corrected chi connectivity index (χ1v) is 7.00. The molecule has 1 fully saturated rings. The second-order valence-electron chi connectivity index (χ2n) is 4.57. The number of amides is 1. The van der Waals surface area contributed by atoms with E-state index in [1.807, 2.05) is 25.1 Å². The number of carbonyl (C=O) groups is 1. The monoisotopic (exact) mass is 344 g/mol. The van der Waals surface area contributed by atoms with Crippen molar-refractivity contribution in [2.75, 3.05) is 18.4 Å². The Labute approximate surface area is 116 Å². The van der Waals surface area contributed by atoms with Crippen LogP contribution >= 0.6 is 22.6 Å². The van der Waals surface area contributed by atoms with Crippen molar-refractivity contribution in [2.45, 2.75) is 19.8 Å². The maximum Gasteiger partial charge on any atom is 0.224 e. The van der Waals surface area contributed by atoms with Gasteiger partial charge in [0.2, 0.25) is 5.91 Å². The molecule has 1 amide bonds. The van der Waals surface area contributed by atoms with Gasteiger partial charge in [0.25, 0.3) is 0 Å². The summed E-state index contributed by atoms with van der Waals surface area (Å²) in [6.45, 7) is 4.03. The zero-order valence-electron chi connectivity index (χ0n) is 9.92. The van der Waals surface area contributed by atoms with Crippen LogP contribution in [0.3, 0.4) is 0 Å². The van der Waals surface area contributed by atoms with Crippen LogP contribution in [0.4, 0.5) is 5.69 Å². The Morgan fingerprint density at radius 2 is 2.41 bits per heavy atom. The van der Waals surface area contributed by atoms with Gasteiger partial charge in [0, 0.05) is 15.7 Å². The first-order valence-electron chi connectivity index (χ1n) is 5.92. The number of rotatable bonds is 3. The van der Waals surface area contributed by atoms with E-state index in [0.717, 1.165) is 34.3 Å². The largest absolute Gasteiger partial charge is 0.326 e. The van der Waals surface area contributed by atoms with Gasteiger partial charge in [0.05, 0.1) is 0 Å². The summed E-state index contributed by atoms with van der Waals surface area (Å²) in [5.41, 5.74) is 2.05. The predicted molar refractivity (Wildman–Crippen MR) is 78.1 cm³/mol. The van der Waals surface area contributed by atoms with E-state index in [-0.39, 0.29) is 5.91 Å². The third kappa shape index (κ3) is 3.67. The first kappa shape index (κ1) is 12.8. The summed E-state index contributed by atoms with van der Waals surface area (Å²) in [6.07, 6.45) is 1.73. The van der Waals surface area contributed by atoms with E-state index in [2.05, 4.69) is 33.2 Å². The molecule has 1 atom stereocenters. The van der Waals surface area contributed by atoms with Gasteiger partial charge in [-0.3, -0.25) is 4.79 Å². The Hall–Kier alpha value is -0.620. The van der Waals surface area contributed by atoms with Crippen molar-refractivity contribution in [2.24, 2.45) is 5.92 Å². The molecule has 17 heavy (non-hydrogen) atoms. The molecule has 0 spiro atoms. The summed E-state index contributed by atoms with van der Waals surface area (Å²) in [5.74, 6) is 0.627. The third-order valence-corrected chi connectivity index (χ3v) is 3.78. The van der Waals surface area contributed by atoms with Crippen LogP contribution in [0.15, 0.2) is 18.2 Å². The average molecular weight is 344 g/mol. The van der Waals surface area contributed by atoms with Crippen LogP contribution in [0.5, 0.6) is 0 Å². The first-order chi connectivity index (χ1) is 8.15. The molecule has 1 aromatic rings. The lowest BCUT2D eigenvalue weighted by atomic mass is 10.0. The predicted octanol–water partition coefficient (Wildman–Crippen LogP) is 2.54. The number of hydrogen-bond donors (Lipinski definition) is 2. The number of nitrogens with one attached hydrogen (secondary N) is 2. The van der Waals surface area contributed by atoms with Crippen LogP contribution in [0, 0.1) is 16.4 Å². The van der Waals surface area contributed by atoms with Crippen molar-refractivity contribution in [3.63, 3.8) is 0 Å². The second kappa shape index (κ2) is 5.82. The van der Waals surface area contributed by atoms with Crippen LogP contribution in [-0.2, 0) is 4.79 Å². The molecule has 0 saturated carbocycles. The van der Waals surface area contributed by atoms with E-state index in [4.69, 9.17) is 0 Å². The molecule has 3 nitrogen and oxygen atoms in total. The van der Waals surface area contributed by atoms with Gasteiger partial charge in [-0.25, -0.2) is 0 Å². The van der Waals surface area contributed by atoms with Gasteiger partial charge in [0.1, 0.15) is 0 Å². The zero-order chi connectivity index (χ0) is 12.3. The minimum absolute atomic E-state index is 0.129. The Balaban J connectivity index is 1.95. The maximum absolute atomic E-state index is 11.9. The molecule has 0 radical (unpaired) electrons. The molecule has 2 N–H and O–H groups in total. The lowest BCUT2D eigenvalue weighted by molar-refractivity contribution is -0.116. The summed E-state index contributed by atoms with van der Waals surface area (Å²) in [5, 5.41) is 6.29. The number of benzene rings is 1. The molecule has 1 unspecified atom stereocenters. The SMILES string of the molecule is Cc1ccc(I)cc1NC(=O)CC1CCNC1. The summed E-state index contributed by atoms with van der Waals surface area (Å²) >= 11 is 2.26. The molecule has 0 bridgehead atoms. The normalized spacial score (nSPS) is 19.3. The maximum atomic E-state index is 11.9. The van der Waals surface area contributed by atoms with Gasteiger partial charge in [-0.1, -0.05) is 6.07 Å². The highest BCUT2D eigenvalue weighted by atomic mass is 127. The number of halogens is 1. The van der Waals surface area contributed by atoms with Gasteiger partial charge < -0.3 is 10.6 Å². The van der Waals surface area contributed by atoms with Crippen molar-refractivity contribution in [3.05, 3.63) is 27.3 Å². The molecule has 0 aromatic heterocycles. The lowest BCUT2D eigenvalue weighted by Crippen LogP contribution is -2.18. The van der Waals surface area contributed by atoms with Crippen molar-refractivity contribution in [3.8, 4) is 0 Å². The summed E-state index contributed by atoms with van der Waals surface area (Å²) in [7, 11) is 0. The molecule has 1 heterocycles. The van der Waals surface area contributed by atoms with E-state index in [9.17, 15) is 4.79 Å². The topological polar surface area (TPSA) is 41.1 Å². The Kier molecular flexibility index (Phi) is 4.39. The van der Waals surface area contributed by atoms with E-state index in [1.54, 1.807) is 0 Å². The van der Waals surface area contributed by atoms with Gasteiger partial charge in [0.15, 0.2) is 0 Å². The van der Waals surface area contributed by atoms with E-state index >= 15 is 0 Å². The van der Waals surface area contributed by atoms with Gasteiger partial charge >= 0.3 is 0 Å². The van der Waals surface area contributed by atoms with Gasteiger partial charge in [-0.2, -0.15) is 0 Å². The second-order valence-corrected chi connectivity index (χ2v) is 5.82. The minimum Gasteiger partial charge on any atom is -0.326 e. The number of aryl methyl sites for hydroxylation is 1. The fourth-order valence-corrected chi connectivity index (χ4v) is 2.57. The molecule has 92 valence electrons. The molecular formula is C13H17IN2O. The fraction of sp³-hybridized carbons (Fsp3) is 0.462. The number of anilines is 1. The van der Waals surface area contributed by atoms with Crippen molar-refractivity contribution in [1.82, 2.24) is 5.32 Å². The van der Waals surface area contributed by atoms with E-state index in [1.165, 1.54) is 0 Å². The fourth-order valence-electron chi connectivity index (χ4n) is 2.08. The molecule has 1 saturated heterocycles. The van der Waals surface area contributed by atoms with Crippen molar-refractivity contribution in [1.29, 1.82) is 0 Å². The molecule has 1 aromatic carbocycles. The van der Waals surface area contributed by atoms with Crippen LogP contribution in [0.25, 0.3) is 0 Å². The molecule has 1 aliphatic rings. The quantitative estimate of drug-likeness (QED) is 0.828. The lowest BCUT2D eigenvalue weighted by Gasteiger charge is -2.11. The van der Waals surface area contributed by atoms with Crippen LogP contribution in [-0.4, -0.2) is 19.0 Å².